The average molecular weight is 395 g/mol. The lowest BCUT2D eigenvalue weighted by molar-refractivity contribution is -0.384. The molecule has 0 radical (unpaired) electrons. The molecule has 2 heterocycles. The minimum atomic E-state index is -0.405. The van der Waals surface area contributed by atoms with Gasteiger partial charge >= 0.3 is 0 Å². The van der Waals surface area contributed by atoms with Crippen LogP contribution in [0.1, 0.15) is 20.3 Å². The highest BCUT2D eigenvalue weighted by Crippen LogP contribution is 2.31. The topological polar surface area (TPSA) is 69.9 Å². The second-order valence-electron chi connectivity index (χ2n) is 7.90. The van der Waals surface area contributed by atoms with E-state index in [1.165, 1.54) is 12.5 Å². The van der Waals surface area contributed by atoms with E-state index in [1.807, 2.05) is 9.80 Å². The molecule has 0 unspecified atom stereocenters. The van der Waals surface area contributed by atoms with E-state index in [9.17, 15) is 14.9 Å². The quantitative estimate of drug-likeness (QED) is 0.580. The van der Waals surface area contributed by atoms with Gasteiger partial charge in [-0.3, -0.25) is 19.8 Å². The summed E-state index contributed by atoms with van der Waals surface area (Å²) >= 11 is 5.90. The Morgan fingerprint density at radius 2 is 1.81 bits per heavy atom. The zero-order valence-electron chi connectivity index (χ0n) is 15.9. The van der Waals surface area contributed by atoms with Crippen LogP contribution in [0.3, 0.4) is 0 Å². The molecule has 0 spiro atoms. The van der Waals surface area contributed by atoms with Gasteiger partial charge in [0.25, 0.3) is 5.69 Å². The fourth-order valence-corrected chi connectivity index (χ4v) is 4.49. The van der Waals surface area contributed by atoms with Crippen molar-refractivity contribution in [3.63, 3.8) is 0 Å². The highest BCUT2D eigenvalue weighted by atomic mass is 35.5. The number of rotatable bonds is 4. The fraction of sp³-hybridized carbons (Fsp3) is 0.632. The van der Waals surface area contributed by atoms with Crippen LogP contribution >= 0.6 is 11.6 Å². The Kier molecular flexibility index (Phi) is 6.22. The van der Waals surface area contributed by atoms with Gasteiger partial charge in [-0.15, -0.1) is 0 Å². The Bertz CT molecular complexity index is 696. The first-order valence-corrected chi connectivity index (χ1v) is 9.90. The number of hydrogen-bond donors (Lipinski definition) is 0. The van der Waals surface area contributed by atoms with Crippen molar-refractivity contribution in [3.05, 3.63) is 33.3 Å². The first-order chi connectivity index (χ1) is 12.8. The van der Waals surface area contributed by atoms with Gasteiger partial charge in [0.05, 0.1) is 11.5 Å². The van der Waals surface area contributed by atoms with Crippen LogP contribution in [0, 0.1) is 22.0 Å². The maximum Gasteiger partial charge on any atom is 0.294 e. The third-order valence-corrected chi connectivity index (χ3v) is 5.65. The van der Waals surface area contributed by atoms with Crippen molar-refractivity contribution in [2.45, 2.75) is 20.3 Å². The predicted molar refractivity (Wildman–Crippen MR) is 106 cm³/mol. The summed E-state index contributed by atoms with van der Waals surface area (Å²) in [5, 5.41) is 11.7. The minimum absolute atomic E-state index is 0.0126. The van der Waals surface area contributed by atoms with E-state index in [0.717, 1.165) is 13.1 Å². The van der Waals surface area contributed by atoms with Crippen LogP contribution in [-0.2, 0) is 4.79 Å². The number of carbonyl (C=O) groups is 1. The van der Waals surface area contributed by atoms with Gasteiger partial charge in [0.15, 0.2) is 0 Å². The van der Waals surface area contributed by atoms with Crippen molar-refractivity contribution < 1.29 is 9.72 Å². The molecule has 0 saturated carbocycles. The Balaban J connectivity index is 1.57. The van der Waals surface area contributed by atoms with Crippen LogP contribution in [0.5, 0.6) is 0 Å². The Morgan fingerprint density at radius 3 is 2.41 bits per heavy atom. The number of nitro groups is 1. The van der Waals surface area contributed by atoms with Gasteiger partial charge in [0, 0.05) is 50.4 Å². The van der Waals surface area contributed by atoms with Gasteiger partial charge in [-0.05, 0) is 30.4 Å². The zero-order chi connectivity index (χ0) is 19.6. The molecule has 0 aliphatic carbocycles. The lowest BCUT2D eigenvalue weighted by atomic mass is 9.92. The lowest BCUT2D eigenvalue weighted by Gasteiger charge is -2.38. The average Bonchev–Trinajstić information content (AvgIpc) is 2.61. The van der Waals surface area contributed by atoms with Gasteiger partial charge in [-0.25, -0.2) is 0 Å². The highest BCUT2D eigenvalue weighted by molar-refractivity contribution is 6.30. The number of carbonyl (C=O) groups excluding carboxylic acids is 1. The molecule has 8 heteroatoms. The third-order valence-electron chi connectivity index (χ3n) is 5.41. The van der Waals surface area contributed by atoms with Crippen molar-refractivity contribution in [2.24, 2.45) is 11.8 Å². The standard InChI is InChI=1S/C19H27ClN4O3/c1-14-9-15(2)12-21(11-14)13-19(25)23-7-5-22(6-8-23)17-4-3-16(20)10-18(17)24(26)27/h3-4,10,14-15H,5-9,11-13H2,1-2H3/t14-,15-/m1/s1. The van der Waals surface area contributed by atoms with Gasteiger partial charge < -0.3 is 9.80 Å². The van der Waals surface area contributed by atoms with Crippen molar-refractivity contribution >= 4 is 28.9 Å². The largest absolute Gasteiger partial charge is 0.362 e. The first kappa shape index (κ1) is 19.9. The molecule has 2 saturated heterocycles. The Hall–Kier alpha value is -1.86. The second-order valence-corrected chi connectivity index (χ2v) is 8.33. The van der Waals surface area contributed by atoms with E-state index >= 15 is 0 Å². The molecule has 0 aromatic heterocycles. The van der Waals surface area contributed by atoms with E-state index in [2.05, 4.69) is 18.7 Å². The van der Waals surface area contributed by atoms with Crippen molar-refractivity contribution in [3.8, 4) is 0 Å². The highest BCUT2D eigenvalue weighted by Gasteiger charge is 2.28. The minimum Gasteiger partial charge on any atom is -0.362 e. The number of amides is 1. The first-order valence-electron chi connectivity index (χ1n) is 9.52. The molecule has 2 aliphatic rings. The maximum absolute atomic E-state index is 12.7. The number of nitrogens with zero attached hydrogens (tertiary/aromatic N) is 4. The molecule has 1 aromatic carbocycles. The van der Waals surface area contributed by atoms with Gasteiger partial charge in [-0.1, -0.05) is 25.4 Å². The molecule has 2 aliphatic heterocycles. The molecule has 0 N–H and O–H groups in total. The number of piperazine rings is 1. The molecule has 2 fully saturated rings. The van der Waals surface area contributed by atoms with E-state index in [4.69, 9.17) is 11.6 Å². The maximum atomic E-state index is 12.7. The summed E-state index contributed by atoms with van der Waals surface area (Å²) in [7, 11) is 0. The second kappa shape index (κ2) is 8.44. The molecule has 1 aromatic rings. The third kappa shape index (κ3) is 4.90. The number of benzene rings is 1. The molecular weight excluding hydrogens is 368 g/mol. The van der Waals surface area contributed by atoms with E-state index in [1.54, 1.807) is 12.1 Å². The fourth-order valence-electron chi connectivity index (χ4n) is 4.32. The normalized spacial score (nSPS) is 24.1. The number of anilines is 1. The lowest BCUT2D eigenvalue weighted by Crippen LogP contribution is -2.52. The van der Waals surface area contributed by atoms with E-state index < -0.39 is 4.92 Å². The molecule has 1 amide bonds. The number of piperidine rings is 1. The van der Waals surface area contributed by atoms with Crippen molar-refractivity contribution in [2.75, 3.05) is 50.7 Å². The van der Waals surface area contributed by atoms with Crippen molar-refractivity contribution in [1.29, 1.82) is 0 Å². The van der Waals surface area contributed by atoms with Crippen LogP contribution in [-0.4, -0.2) is 66.4 Å². The Morgan fingerprint density at radius 1 is 1.19 bits per heavy atom. The molecule has 0 bridgehead atoms. The summed E-state index contributed by atoms with van der Waals surface area (Å²) in [4.78, 5) is 29.7. The van der Waals surface area contributed by atoms with Crippen LogP contribution in [0.2, 0.25) is 5.02 Å². The van der Waals surface area contributed by atoms with Gasteiger partial charge in [0.1, 0.15) is 5.69 Å². The molecule has 148 valence electrons. The summed E-state index contributed by atoms with van der Waals surface area (Å²) < 4.78 is 0. The predicted octanol–water partition coefficient (Wildman–Crippen LogP) is 2.87. The van der Waals surface area contributed by atoms with Crippen molar-refractivity contribution in [1.82, 2.24) is 9.80 Å². The van der Waals surface area contributed by atoms with Crippen LogP contribution in [0.4, 0.5) is 11.4 Å². The smallest absolute Gasteiger partial charge is 0.294 e. The number of nitro benzene ring substituents is 1. The number of halogens is 1. The van der Waals surface area contributed by atoms with Crippen LogP contribution in [0.15, 0.2) is 18.2 Å². The summed E-state index contributed by atoms with van der Waals surface area (Å²) in [5.41, 5.74) is 0.578. The monoisotopic (exact) mass is 394 g/mol. The SMILES string of the molecule is C[C@@H]1C[C@@H](C)CN(CC(=O)N2CCN(c3ccc(Cl)cc3[N+](=O)[O-])CC2)C1. The van der Waals surface area contributed by atoms with Gasteiger partial charge in [0.2, 0.25) is 5.91 Å². The number of hydrogen-bond acceptors (Lipinski definition) is 5. The summed E-state index contributed by atoms with van der Waals surface area (Å²) in [6, 6.07) is 4.74. The molecular formula is C19H27ClN4O3. The van der Waals surface area contributed by atoms with E-state index in [0.29, 0.717) is 55.3 Å². The zero-order valence-corrected chi connectivity index (χ0v) is 16.7. The van der Waals surface area contributed by atoms with Gasteiger partial charge in [-0.2, -0.15) is 0 Å². The molecule has 3 rings (SSSR count). The van der Waals surface area contributed by atoms with E-state index in [-0.39, 0.29) is 11.6 Å². The molecule has 2 atom stereocenters. The number of likely N-dealkylation sites (tertiary alicyclic amines) is 1. The van der Waals surface area contributed by atoms with Crippen LogP contribution in [0.25, 0.3) is 0 Å². The summed E-state index contributed by atoms with van der Waals surface area (Å²) in [5.74, 6) is 1.41. The Labute approximate surface area is 165 Å². The van der Waals surface area contributed by atoms with Crippen LogP contribution < -0.4 is 4.90 Å². The summed E-state index contributed by atoms with van der Waals surface area (Å²) in [6.07, 6.45) is 1.23. The molecule has 27 heavy (non-hydrogen) atoms. The summed E-state index contributed by atoms with van der Waals surface area (Å²) in [6.45, 7) is 9.24. The molecule has 7 nitrogen and oxygen atoms in total.